The molecule has 0 N–H and O–H groups in total. The number of benzene rings is 1. The zero-order valence-corrected chi connectivity index (χ0v) is 9.39. The van der Waals surface area contributed by atoms with Crippen LogP contribution in [0.1, 0.15) is 19.4 Å². The molecule has 0 saturated heterocycles. The Balaban J connectivity index is 3.05. The van der Waals surface area contributed by atoms with Crippen molar-refractivity contribution in [1.29, 1.82) is 0 Å². The lowest BCUT2D eigenvalue weighted by Gasteiger charge is -2.11. The maximum Gasteiger partial charge on any atom is 0.310 e. The molecule has 0 aliphatic heterocycles. The van der Waals surface area contributed by atoms with Crippen LogP contribution in [0.3, 0.4) is 0 Å². The molecule has 0 heterocycles. The van der Waals surface area contributed by atoms with Crippen LogP contribution in [-0.4, -0.2) is 16.8 Å². The van der Waals surface area contributed by atoms with E-state index >= 15 is 0 Å². The smallest absolute Gasteiger partial charge is 0.310 e. The van der Waals surface area contributed by atoms with Crippen molar-refractivity contribution in [1.82, 2.24) is 0 Å². The van der Waals surface area contributed by atoms with E-state index < -0.39 is 11.0 Å². The van der Waals surface area contributed by atoms with Crippen molar-refractivity contribution < 1.29 is 14.5 Å². The summed E-state index contributed by atoms with van der Waals surface area (Å²) < 4.78 is 5.26. The van der Waals surface area contributed by atoms with E-state index in [4.69, 9.17) is 4.74 Å². The quantitative estimate of drug-likeness (QED) is 0.579. The Labute approximate surface area is 93.2 Å². The number of hydrogen-bond donors (Lipinski definition) is 0. The van der Waals surface area contributed by atoms with Gasteiger partial charge in [-0.3, -0.25) is 14.9 Å². The molecule has 0 aliphatic carbocycles. The summed E-state index contributed by atoms with van der Waals surface area (Å²) in [7, 11) is 0. The fourth-order valence-corrected chi connectivity index (χ4v) is 1.14. The van der Waals surface area contributed by atoms with Gasteiger partial charge in [0.1, 0.15) is 0 Å². The van der Waals surface area contributed by atoms with Crippen LogP contribution in [0.2, 0.25) is 0 Å². The van der Waals surface area contributed by atoms with Crippen molar-refractivity contribution in [2.45, 2.75) is 26.9 Å². The van der Waals surface area contributed by atoms with Crippen molar-refractivity contribution in [3.63, 3.8) is 0 Å². The van der Waals surface area contributed by atoms with E-state index in [-0.39, 0.29) is 17.2 Å². The van der Waals surface area contributed by atoms with Gasteiger partial charge in [0, 0.05) is 6.07 Å². The van der Waals surface area contributed by atoms with E-state index in [0.717, 1.165) is 5.56 Å². The van der Waals surface area contributed by atoms with Crippen molar-refractivity contribution in [3.05, 3.63) is 33.9 Å². The van der Waals surface area contributed by atoms with Gasteiger partial charge in [0.15, 0.2) is 17.6 Å². The summed E-state index contributed by atoms with van der Waals surface area (Å²) in [5, 5.41) is 10.7. The molecule has 5 nitrogen and oxygen atoms in total. The highest BCUT2D eigenvalue weighted by molar-refractivity contribution is 5.80. The highest BCUT2D eigenvalue weighted by Gasteiger charge is 2.18. The zero-order valence-electron chi connectivity index (χ0n) is 9.39. The maximum atomic E-state index is 11.0. The number of ether oxygens (including phenoxy) is 1. The number of nitrogens with zero attached hydrogens (tertiary/aromatic N) is 1. The lowest BCUT2D eigenvalue weighted by molar-refractivity contribution is -0.386. The van der Waals surface area contributed by atoms with Gasteiger partial charge in [0.25, 0.3) is 0 Å². The molecule has 5 heteroatoms. The van der Waals surface area contributed by atoms with E-state index in [9.17, 15) is 14.9 Å². The SMILES string of the molecule is CC(=O)C(C)Oc1cc(C)ccc1[N+](=O)[O-]. The third kappa shape index (κ3) is 2.79. The molecular weight excluding hydrogens is 210 g/mol. The van der Waals surface area contributed by atoms with Gasteiger partial charge in [-0.05, 0) is 32.4 Å². The molecule has 0 spiro atoms. The summed E-state index contributed by atoms with van der Waals surface area (Å²) in [6, 6.07) is 4.55. The minimum atomic E-state index is -0.680. The van der Waals surface area contributed by atoms with E-state index in [2.05, 4.69) is 0 Å². The van der Waals surface area contributed by atoms with Crippen molar-refractivity contribution in [2.24, 2.45) is 0 Å². The zero-order chi connectivity index (χ0) is 12.3. The molecule has 86 valence electrons. The fourth-order valence-electron chi connectivity index (χ4n) is 1.14. The lowest BCUT2D eigenvalue weighted by Crippen LogP contribution is -2.21. The van der Waals surface area contributed by atoms with Crippen LogP contribution in [-0.2, 0) is 4.79 Å². The van der Waals surface area contributed by atoms with Gasteiger partial charge in [-0.25, -0.2) is 0 Å². The third-order valence-corrected chi connectivity index (χ3v) is 2.19. The number of carbonyl (C=O) groups is 1. The monoisotopic (exact) mass is 223 g/mol. The third-order valence-electron chi connectivity index (χ3n) is 2.19. The van der Waals surface area contributed by atoms with Crippen LogP contribution in [0.25, 0.3) is 0 Å². The Kier molecular flexibility index (Phi) is 3.60. The number of nitro benzene ring substituents is 1. The number of Topliss-reactive ketones (excluding diaryl/α,β-unsaturated/α-hetero) is 1. The molecule has 0 fully saturated rings. The second kappa shape index (κ2) is 4.74. The minimum Gasteiger partial charge on any atom is -0.476 e. The molecular formula is C11H13NO4. The number of aryl methyl sites for hydroxylation is 1. The minimum absolute atomic E-state index is 0.126. The molecule has 0 aromatic heterocycles. The van der Waals surface area contributed by atoms with Gasteiger partial charge in [0.05, 0.1) is 4.92 Å². The molecule has 0 aliphatic rings. The lowest BCUT2D eigenvalue weighted by atomic mass is 10.2. The van der Waals surface area contributed by atoms with Gasteiger partial charge < -0.3 is 4.74 Å². The molecule has 0 amide bonds. The number of rotatable bonds is 4. The molecule has 1 unspecified atom stereocenters. The van der Waals surface area contributed by atoms with Crippen molar-refractivity contribution in [3.8, 4) is 5.75 Å². The van der Waals surface area contributed by atoms with E-state index in [1.807, 2.05) is 0 Å². The van der Waals surface area contributed by atoms with Crippen LogP contribution in [0.4, 0.5) is 5.69 Å². The number of nitro groups is 1. The molecule has 1 rings (SSSR count). The molecule has 1 atom stereocenters. The van der Waals surface area contributed by atoms with E-state index in [0.29, 0.717) is 0 Å². The van der Waals surface area contributed by atoms with Crippen LogP contribution in [0, 0.1) is 17.0 Å². The first kappa shape index (κ1) is 12.2. The molecule has 0 bridgehead atoms. The highest BCUT2D eigenvalue weighted by Crippen LogP contribution is 2.28. The summed E-state index contributed by atoms with van der Waals surface area (Å²) in [5.41, 5.74) is 0.718. The number of hydrogen-bond acceptors (Lipinski definition) is 4. The average Bonchev–Trinajstić information content (AvgIpc) is 2.16. The molecule has 1 aromatic rings. The normalized spacial score (nSPS) is 11.9. The van der Waals surface area contributed by atoms with Gasteiger partial charge in [-0.1, -0.05) is 6.07 Å². The Hall–Kier alpha value is -1.91. The maximum absolute atomic E-state index is 11.0. The first-order chi connectivity index (χ1) is 7.41. The van der Waals surface area contributed by atoms with E-state index in [1.165, 1.54) is 13.0 Å². The van der Waals surface area contributed by atoms with Gasteiger partial charge in [0.2, 0.25) is 0 Å². The van der Waals surface area contributed by atoms with Gasteiger partial charge in [-0.2, -0.15) is 0 Å². The summed E-state index contributed by atoms with van der Waals surface area (Å²) in [6.45, 7) is 4.75. The van der Waals surface area contributed by atoms with Crippen LogP contribution in [0.5, 0.6) is 5.75 Å². The standard InChI is InChI=1S/C11H13NO4/c1-7-4-5-10(12(14)15)11(6-7)16-9(3)8(2)13/h4-6,9H,1-3H3. The van der Waals surface area contributed by atoms with Gasteiger partial charge >= 0.3 is 5.69 Å². The number of ketones is 1. The Bertz CT molecular complexity index is 428. The fraction of sp³-hybridized carbons (Fsp3) is 0.364. The highest BCUT2D eigenvalue weighted by atomic mass is 16.6. The predicted molar refractivity (Wildman–Crippen MR) is 58.6 cm³/mol. The van der Waals surface area contributed by atoms with Crippen LogP contribution < -0.4 is 4.74 Å². The summed E-state index contributed by atoms with van der Waals surface area (Å²) in [6.07, 6.45) is -0.680. The first-order valence-corrected chi connectivity index (χ1v) is 4.84. The van der Waals surface area contributed by atoms with Crippen LogP contribution >= 0.6 is 0 Å². The van der Waals surface area contributed by atoms with Crippen molar-refractivity contribution >= 4 is 11.5 Å². The second-order valence-corrected chi connectivity index (χ2v) is 3.60. The van der Waals surface area contributed by atoms with Crippen molar-refractivity contribution in [2.75, 3.05) is 0 Å². The Morgan fingerprint density at radius 1 is 1.50 bits per heavy atom. The topological polar surface area (TPSA) is 69.4 Å². The molecule has 1 aromatic carbocycles. The van der Waals surface area contributed by atoms with E-state index in [1.54, 1.807) is 26.0 Å². The summed E-state index contributed by atoms with van der Waals surface area (Å²) in [5.74, 6) is -0.0384. The van der Waals surface area contributed by atoms with Crippen LogP contribution in [0.15, 0.2) is 18.2 Å². The second-order valence-electron chi connectivity index (χ2n) is 3.60. The average molecular weight is 223 g/mol. The Morgan fingerprint density at radius 3 is 2.62 bits per heavy atom. The largest absolute Gasteiger partial charge is 0.476 e. The predicted octanol–water partition coefficient (Wildman–Crippen LogP) is 2.26. The first-order valence-electron chi connectivity index (χ1n) is 4.84. The molecule has 16 heavy (non-hydrogen) atoms. The molecule has 0 saturated carbocycles. The number of carbonyl (C=O) groups excluding carboxylic acids is 1. The Morgan fingerprint density at radius 2 is 2.12 bits per heavy atom. The summed E-state index contributed by atoms with van der Waals surface area (Å²) >= 11 is 0. The summed E-state index contributed by atoms with van der Waals surface area (Å²) in [4.78, 5) is 21.2. The molecule has 0 radical (unpaired) electrons. The van der Waals surface area contributed by atoms with Gasteiger partial charge in [-0.15, -0.1) is 0 Å².